The zero-order valence-corrected chi connectivity index (χ0v) is 15.0. The highest BCUT2D eigenvalue weighted by molar-refractivity contribution is 7.18. The zero-order valence-electron chi connectivity index (χ0n) is 14.1. The predicted molar refractivity (Wildman–Crippen MR) is 100 cm³/mol. The van der Waals surface area contributed by atoms with Crippen molar-refractivity contribution >= 4 is 27.5 Å². The lowest BCUT2D eigenvalue weighted by Crippen LogP contribution is -2.39. The molecule has 1 aliphatic rings. The van der Waals surface area contributed by atoms with Crippen molar-refractivity contribution in [1.82, 2.24) is 9.88 Å². The maximum Gasteiger partial charge on any atom is 0.254 e. The lowest BCUT2D eigenvalue weighted by atomic mass is 9.98. The van der Waals surface area contributed by atoms with Crippen LogP contribution in [0.3, 0.4) is 0 Å². The van der Waals surface area contributed by atoms with Gasteiger partial charge in [0.2, 0.25) is 0 Å². The Morgan fingerprint density at radius 3 is 2.96 bits per heavy atom. The first-order chi connectivity index (χ1) is 12.2. The van der Waals surface area contributed by atoms with E-state index in [4.69, 9.17) is 9.72 Å². The standard InChI is InChI=1S/C20H20N2O2S/c1-24-16-8-4-6-14(12-16)20(23)22-11-5-7-15(13-22)19-21-17-9-2-3-10-18(17)25-19/h2-4,6,8-10,12,15H,5,7,11,13H2,1H3. The molecule has 0 radical (unpaired) electrons. The first-order valence-electron chi connectivity index (χ1n) is 8.53. The second-order valence-electron chi connectivity index (χ2n) is 6.34. The lowest BCUT2D eigenvalue weighted by Gasteiger charge is -2.32. The Balaban J connectivity index is 1.54. The average Bonchev–Trinajstić information content (AvgIpc) is 3.12. The molecule has 0 bridgehead atoms. The molecule has 1 aromatic heterocycles. The van der Waals surface area contributed by atoms with Gasteiger partial charge in [-0.05, 0) is 43.2 Å². The van der Waals surface area contributed by atoms with Crippen LogP contribution in [-0.2, 0) is 0 Å². The molecular formula is C20H20N2O2S. The summed E-state index contributed by atoms with van der Waals surface area (Å²) in [6.45, 7) is 1.54. The van der Waals surface area contributed by atoms with Crippen LogP contribution in [0.1, 0.15) is 34.1 Å². The van der Waals surface area contributed by atoms with Gasteiger partial charge in [0.25, 0.3) is 5.91 Å². The highest BCUT2D eigenvalue weighted by atomic mass is 32.1. The van der Waals surface area contributed by atoms with Gasteiger partial charge in [-0.15, -0.1) is 11.3 Å². The molecule has 5 heteroatoms. The van der Waals surface area contributed by atoms with E-state index in [9.17, 15) is 4.79 Å². The Morgan fingerprint density at radius 1 is 1.24 bits per heavy atom. The van der Waals surface area contributed by atoms with E-state index in [0.717, 1.165) is 36.5 Å². The molecule has 0 N–H and O–H groups in total. The van der Waals surface area contributed by atoms with Crippen LogP contribution in [0.15, 0.2) is 48.5 Å². The van der Waals surface area contributed by atoms with E-state index >= 15 is 0 Å². The van der Waals surface area contributed by atoms with Crippen LogP contribution in [0.25, 0.3) is 10.2 Å². The Morgan fingerprint density at radius 2 is 2.12 bits per heavy atom. The molecule has 0 saturated carbocycles. The normalized spacial score (nSPS) is 17.6. The first kappa shape index (κ1) is 16.1. The zero-order chi connectivity index (χ0) is 17.2. The summed E-state index contributed by atoms with van der Waals surface area (Å²) < 4.78 is 6.45. The Labute approximate surface area is 151 Å². The van der Waals surface area contributed by atoms with Crippen molar-refractivity contribution in [3.63, 3.8) is 0 Å². The van der Waals surface area contributed by atoms with Gasteiger partial charge < -0.3 is 9.64 Å². The molecule has 4 nitrogen and oxygen atoms in total. The van der Waals surface area contributed by atoms with Gasteiger partial charge in [0, 0.05) is 24.6 Å². The maximum absolute atomic E-state index is 12.9. The summed E-state index contributed by atoms with van der Waals surface area (Å²) in [6.07, 6.45) is 2.10. The molecule has 1 unspecified atom stereocenters. The van der Waals surface area contributed by atoms with Crippen LogP contribution < -0.4 is 4.74 Å². The Hall–Kier alpha value is -2.40. The summed E-state index contributed by atoms with van der Waals surface area (Å²) in [6, 6.07) is 15.6. The number of hydrogen-bond acceptors (Lipinski definition) is 4. The number of carbonyl (C=O) groups is 1. The molecule has 128 valence electrons. The van der Waals surface area contributed by atoms with Gasteiger partial charge in [-0.1, -0.05) is 18.2 Å². The number of benzene rings is 2. The van der Waals surface area contributed by atoms with Crippen molar-refractivity contribution in [3.8, 4) is 5.75 Å². The second kappa shape index (κ2) is 6.84. The van der Waals surface area contributed by atoms with Crippen molar-refractivity contribution < 1.29 is 9.53 Å². The summed E-state index contributed by atoms with van der Waals surface area (Å²) >= 11 is 1.75. The molecule has 0 aliphatic carbocycles. The fraction of sp³-hybridized carbons (Fsp3) is 0.300. The van der Waals surface area contributed by atoms with Gasteiger partial charge in [0.15, 0.2) is 0 Å². The third-order valence-electron chi connectivity index (χ3n) is 4.68. The van der Waals surface area contributed by atoms with Gasteiger partial charge >= 0.3 is 0 Å². The Kier molecular flexibility index (Phi) is 4.40. The molecule has 1 saturated heterocycles. The van der Waals surface area contributed by atoms with Gasteiger partial charge in [0.05, 0.1) is 22.3 Å². The molecule has 1 aliphatic heterocycles. The lowest BCUT2D eigenvalue weighted by molar-refractivity contribution is 0.0706. The number of nitrogens with zero attached hydrogens (tertiary/aromatic N) is 2. The van der Waals surface area contributed by atoms with Crippen LogP contribution in [0.4, 0.5) is 0 Å². The number of para-hydroxylation sites is 1. The first-order valence-corrected chi connectivity index (χ1v) is 9.35. The predicted octanol–water partition coefficient (Wildman–Crippen LogP) is 4.32. The summed E-state index contributed by atoms with van der Waals surface area (Å²) in [7, 11) is 1.62. The van der Waals surface area contributed by atoms with Crippen LogP contribution in [0, 0.1) is 0 Å². The molecule has 1 atom stereocenters. The number of ether oxygens (including phenoxy) is 1. The van der Waals surface area contributed by atoms with Gasteiger partial charge in [-0.25, -0.2) is 4.98 Å². The molecule has 1 fully saturated rings. The van der Waals surface area contributed by atoms with Crippen molar-refractivity contribution in [2.45, 2.75) is 18.8 Å². The van der Waals surface area contributed by atoms with Crippen molar-refractivity contribution in [1.29, 1.82) is 0 Å². The molecule has 2 aromatic carbocycles. The number of fused-ring (bicyclic) bond motifs is 1. The maximum atomic E-state index is 12.9. The van der Waals surface area contributed by atoms with E-state index < -0.39 is 0 Å². The SMILES string of the molecule is COc1cccc(C(=O)N2CCCC(c3nc4ccccc4s3)C2)c1. The number of aromatic nitrogens is 1. The van der Waals surface area contributed by atoms with Gasteiger partial charge in [-0.2, -0.15) is 0 Å². The number of carbonyl (C=O) groups excluding carboxylic acids is 1. The van der Waals surface area contributed by atoms with Gasteiger partial charge in [-0.3, -0.25) is 4.79 Å². The molecule has 1 amide bonds. The minimum absolute atomic E-state index is 0.0738. The third kappa shape index (κ3) is 3.24. The molecule has 2 heterocycles. The molecule has 0 spiro atoms. The van der Waals surface area contributed by atoms with Crippen LogP contribution in [-0.4, -0.2) is 36.0 Å². The number of amides is 1. The summed E-state index contributed by atoms with van der Waals surface area (Å²) in [4.78, 5) is 19.6. The Bertz CT molecular complexity index is 872. The molecule has 3 aromatic rings. The minimum Gasteiger partial charge on any atom is -0.497 e. The minimum atomic E-state index is 0.0738. The van der Waals surface area contributed by atoms with E-state index in [-0.39, 0.29) is 5.91 Å². The van der Waals surface area contributed by atoms with Crippen LogP contribution >= 0.6 is 11.3 Å². The quantitative estimate of drug-likeness (QED) is 0.705. The third-order valence-corrected chi connectivity index (χ3v) is 5.88. The average molecular weight is 352 g/mol. The van der Waals surface area contributed by atoms with Crippen molar-refractivity contribution in [2.75, 3.05) is 20.2 Å². The van der Waals surface area contributed by atoms with E-state index in [1.165, 1.54) is 4.70 Å². The largest absolute Gasteiger partial charge is 0.497 e. The summed E-state index contributed by atoms with van der Waals surface area (Å²) in [5.41, 5.74) is 1.74. The second-order valence-corrected chi connectivity index (χ2v) is 7.40. The summed E-state index contributed by atoms with van der Waals surface area (Å²) in [5.74, 6) is 1.11. The van der Waals surface area contributed by atoms with Gasteiger partial charge in [0.1, 0.15) is 5.75 Å². The van der Waals surface area contributed by atoms with Crippen molar-refractivity contribution in [2.24, 2.45) is 0 Å². The van der Waals surface area contributed by atoms with E-state index in [1.54, 1.807) is 18.4 Å². The highest BCUT2D eigenvalue weighted by Crippen LogP contribution is 2.33. The number of hydrogen-bond donors (Lipinski definition) is 0. The van der Waals surface area contributed by atoms with E-state index in [1.807, 2.05) is 41.3 Å². The van der Waals surface area contributed by atoms with Crippen LogP contribution in [0.2, 0.25) is 0 Å². The molecule has 4 rings (SSSR count). The number of piperidine rings is 1. The highest BCUT2D eigenvalue weighted by Gasteiger charge is 2.27. The fourth-order valence-electron chi connectivity index (χ4n) is 3.37. The van der Waals surface area contributed by atoms with E-state index in [2.05, 4.69) is 12.1 Å². The van der Waals surface area contributed by atoms with E-state index in [0.29, 0.717) is 17.2 Å². The number of likely N-dealkylation sites (tertiary alicyclic amines) is 1. The summed E-state index contributed by atoms with van der Waals surface area (Å²) in [5, 5.41) is 1.14. The molecule has 25 heavy (non-hydrogen) atoms. The van der Waals surface area contributed by atoms with Crippen molar-refractivity contribution in [3.05, 3.63) is 59.1 Å². The number of thiazole rings is 1. The topological polar surface area (TPSA) is 42.4 Å². The molecular weight excluding hydrogens is 332 g/mol. The number of methoxy groups -OCH3 is 1. The van der Waals surface area contributed by atoms with Crippen LogP contribution in [0.5, 0.6) is 5.75 Å². The number of rotatable bonds is 3. The fourth-order valence-corrected chi connectivity index (χ4v) is 4.46. The smallest absolute Gasteiger partial charge is 0.254 e. The monoisotopic (exact) mass is 352 g/mol.